The summed E-state index contributed by atoms with van der Waals surface area (Å²) in [6.07, 6.45) is 3.96. The zero-order valence-electron chi connectivity index (χ0n) is 21.6. The summed E-state index contributed by atoms with van der Waals surface area (Å²) < 4.78 is 29.4. The summed E-state index contributed by atoms with van der Waals surface area (Å²) in [6.45, 7) is 1.33. The molecule has 0 heterocycles. The van der Waals surface area contributed by atoms with E-state index in [2.05, 4.69) is 21.2 Å². The molecular formula is C29H31BrClN3O4S. The highest BCUT2D eigenvalue weighted by molar-refractivity contribution is 9.10. The Balaban J connectivity index is 1.66. The van der Waals surface area contributed by atoms with Crippen molar-refractivity contribution in [2.24, 2.45) is 0 Å². The normalized spacial score (nSPS) is 14.5. The first-order valence-corrected chi connectivity index (χ1v) is 15.4. The summed E-state index contributed by atoms with van der Waals surface area (Å²) in [5, 5.41) is 3.51. The molecule has 1 saturated carbocycles. The number of nitrogens with one attached hydrogen (secondary N) is 1. The standard InChI is InChI=1S/C29H31BrClN3O4S/c1-21(29(36)32-25-7-5-6-8-25)33(19-22-11-13-23(30)14-12-22)28(35)20-34(26-17-15-24(31)16-18-26)39(37,38)27-9-3-2-4-10-27/h2-4,9-18,21,25H,5-8,19-20H2,1H3,(H,32,36)/t21-/m0/s1. The molecule has 4 rings (SSSR count). The van der Waals surface area contributed by atoms with Gasteiger partial charge in [0.2, 0.25) is 11.8 Å². The highest BCUT2D eigenvalue weighted by Crippen LogP contribution is 2.26. The van der Waals surface area contributed by atoms with Crippen LogP contribution in [-0.2, 0) is 26.2 Å². The van der Waals surface area contributed by atoms with Crippen molar-refractivity contribution in [2.45, 2.75) is 56.1 Å². The highest BCUT2D eigenvalue weighted by Gasteiger charge is 2.33. The lowest BCUT2D eigenvalue weighted by atomic mass is 10.1. The van der Waals surface area contributed by atoms with Gasteiger partial charge in [0.1, 0.15) is 12.6 Å². The molecule has 39 heavy (non-hydrogen) atoms. The van der Waals surface area contributed by atoms with Gasteiger partial charge in [-0.3, -0.25) is 13.9 Å². The number of nitrogens with zero attached hydrogens (tertiary/aromatic N) is 2. The van der Waals surface area contributed by atoms with E-state index in [4.69, 9.17) is 11.6 Å². The maximum Gasteiger partial charge on any atom is 0.264 e. The quantitative estimate of drug-likeness (QED) is 0.307. The molecule has 7 nitrogen and oxygen atoms in total. The van der Waals surface area contributed by atoms with Crippen LogP contribution in [0.1, 0.15) is 38.2 Å². The van der Waals surface area contributed by atoms with Crippen LogP contribution in [0.25, 0.3) is 0 Å². The first-order valence-electron chi connectivity index (χ1n) is 12.8. The maximum atomic E-state index is 13.9. The molecule has 0 bridgehead atoms. The minimum Gasteiger partial charge on any atom is -0.352 e. The second kappa shape index (κ2) is 13.0. The number of anilines is 1. The van der Waals surface area contributed by atoms with Crippen molar-refractivity contribution in [3.63, 3.8) is 0 Å². The van der Waals surface area contributed by atoms with Crippen molar-refractivity contribution < 1.29 is 18.0 Å². The number of hydrogen-bond acceptors (Lipinski definition) is 4. The van der Waals surface area contributed by atoms with Crippen LogP contribution < -0.4 is 9.62 Å². The monoisotopic (exact) mass is 631 g/mol. The second-order valence-corrected chi connectivity index (χ2v) is 12.8. The van der Waals surface area contributed by atoms with E-state index in [1.807, 2.05) is 24.3 Å². The molecule has 0 saturated heterocycles. The third-order valence-electron chi connectivity index (χ3n) is 6.86. The average molecular weight is 633 g/mol. The Morgan fingerprint density at radius 2 is 1.59 bits per heavy atom. The molecular weight excluding hydrogens is 602 g/mol. The number of rotatable bonds is 10. The molecule has 1 fully saturated rings. The summed E-state index contributed by atoms with van der Waals surface area (Å²) in [7, 11) is -4.10. The van der Waals surface area contributed by atoms with Gasteiger partial charge in [0, 0.05) is 22.1 Å². The fourth-order valence-electron chi connectivity index (χ4n) is 4.62. The molecule has 1 aliphatic rings. The lowest BCUT2D eigenvalue weighted by Gasteiger charge is -2.32. The molecule has 206 valence electrons. The number of hydrogen-bond donors (Lipinski definition) is 1. The smallest absolute Gasteiger partial charge is 0.264 e. The van der Waals surface area contributed by atoms with E-state index in [1.165, 1.54) is 17.0 Å². The molecule has 1 atom stereocenters. The Morgan fingerprint density at radius 3 is 2.21 bits per heavy atom. The Morgan fingerprint density at radius 1 is 0.974 bits per heavy atom. The van der Waals surface area contributed by atoms with Gasteiger partial charge in [-0.05, 0) is 73.9 Å². The van der Waals surface area contributed by atoms with Gasteiger partial charge in [-0.15, -0.1) is 0 Å². The van der Waals surface area contributed by atoms with Gasteiger partial charge < -0.3 is 10.2 Å². The minimum atomic E-state index is -4.10. The van der Waals surface area contributed by atoms with Crippen LogP contribution in [0.3, 0.4) is 0 Å². The van der Waals surface area contributed by atoms with Crippen LogP contribution in [0.15, 0.2) is 88.2 Å². The van der Waals surface area contributed by atoms with E-state index in [1.54, 1.807) is 49.4 Å². The Hall–Kier alpha value is -2.88. The van der Waals surface area contributed by atoms with Crippen LogP contribution in [0.4, 0.5) is 5.69 Å². The summed E-state index contributed by atoms with van der Waals surface area (Å²) in [4.78, 5) is 28.7. The number of carbonyl (C=O) groups excluding carboxylic acids is 2. The predicted molar refractivity (Wildman–Crippen MR) is 157 cm³/mol. The lowest BCUT2D eigenvalue weighted by Crippen LogP contribution is -2.52. The molecule has 10 heteroatoms. The first-order chi connectivity index (χ1) is 18.6. The van der Waals surface area contributed by atoms with E-state index in [9.17, 15) is 18.0 Å². The summed E-state index contributed by atoms with van der Waals surface area (Å²) >= 11 is 9.48. The number of halogens is 2. The Labute approximate surface area is 243 Å². The number of amides is 2. The number of sulfonamides is 1. The average Bonchev–Trinajstić information content (AvgIpc) is 3.45. The predicted octanol–water partition coefficient (Wildman–Crippen LogP) is 5.77. The van der Waals surface area contributed by atoms with Crippen LogP contribution in [0.2, 0.25) is 5.02 Å². The van der Waals surface area contributed by atoms with Crippen molar-refractivity contribution in [1.29, 1.82) is 0 Å². The molecule has 0 unspecified atom stereocenters. The molecule has 0 radical (unpaired) electrons. The SMILES string of the molecule is C[C@@H](C(=O)NC1CCCC1)N(Cc1ccc(Br)cc1)C(=O)CN(c1ccc(Cl)cc1)S(=O)(=O)c1ccccc1. The zero-order chi connectivity index (χ0) is 28.0. The fraction of sp³-hybridized carbons (Fsp3) is 0.310. The minimum absolute atomic E-state index is 0.0548. The summed E-state index contributed by atoms with van der Waals surface area (Å²) in [5.74, 6) is -0.752. The topological polar surface area (TPSA) is 86.8 Å². The fourth-order valence-corrected chi connectivity index (χ4v) is 6.44. The number of carbonyl (C=O) groups is 2. The van der Waals surface area contributed by atoms with E-state index in [0.717, 1.165) is 40.0 Å². The zero-order valence-corrected chi connectivity index (χ0v) is 24.8. The molecule has 0 aliphatic heterocycles. The highest BCUT2D eigenvalue weighted by atomic mass is 79.9. The summed E-state index contributed by atoms with van der Waals surface area (Å²) in [5.41, 5.74) is 1.11. The lowest BCUT2D eigenvalue weighted by molar-refractivity contribution is -0.139. The van der Waals surface area contributed by atoms with E-state index < -0.39 is 28.5 Å². The molecule has 1 N–H and O–H groups in total. The van der Waals surface area contributed by atoms with Gasteiger partial charge in [0.25, 0.3) is 10.0 Å². The third-order valence-corrected chi connectivity index (χ3v) is 9.43. The molecule has 3 aromatic carbocycles. The van der Waals surface area contributed by atoms with Crippen molar-refractivity contribution in [1.82, 2.24) is 10.2 Å². The van der Waals surface area contributed by atoms with Crippen LogP contribution >= 0.6 is 27.5 Å². The second-order valence-electron chi connectivity index (χ2n) is 9.62. The van der Waals surface area contributed by atoms with E-state index >= 15 is 0 Å². The van der Waals surface area contributed by atoms with Gasteiger partial charge in [-0.2, -0.15) is 0 Å². The van der Waals surface area contributed by atoms with Gasteiger partial charge >= 0.3 is 0 Å². The van der Waals surface area contributed by atoms with Crippen molar-refractivity contribution >= 4 is 55.1 Å². The Kier molecular flexibility index (Phi) is 9.69. The largest absolute Gasteiger partial charge is 0.352 e. The summed E-state index contributed by atoms with van der Waals surface area (Å²) in [6, 6.07) is 21.0. The van der Waals surface area contributed by atoms with Crippen LogP contribution in [-0.4, -0.2) is 43.8 Å². The van der Waals surface area contributed by atoms with Crippen LogP contribution in [0, 0.1) is 0 Å². The van der Waals surface area contributed by atoms with Crippen molar-refractivity contribution in [2.75, 3.05) is 10.8 Å². The van der Waals surface area contributed by atoms with E-state index in [-0.39, 0.29) is 23.4 Å². The molecule has 1 aliphatic carbocycles. The molecule has 0 spiro atoms. The van der Waals surface area contributed by atoms with E-state index in [0.29, 0.717) is 10.7 Å². The Bertz CT molecular complexity index is 1380. The maximum absolute atomic E-state index is 13.9. The van der Waals surface area contributed by atoms with Crippen LogP contribution in [0.5, 0.6) is 0 Å². The molecule has 3 aromatic rings. The van der Waals surface area contributed by atoms with Gasteiger partial charge in [-0.25, -0.2) is 8.42 Å². The van der Waals surface area contributed by atoms with Gasteiger partial charge in [-0.1, -0.05) is 70.7 Å². The van der Waals surface area contributed by atoms with Crippen molar-refractivity contribution in [3.8, 4) is 0 Å². The molecule has 2 amide bonds. The molecule has 0 aromatic heterocycles. The van der Waals surface area contributed by atoms with Gasteiger partial charge in [0.15, 0.2) is 0 Å². The first kappa shape index (κ1) is 29.1. The van der Waals surface area contributed by atoms with Gasteiger partial charge in [0.05, 0.1) is 10.6 Å². The van der Waals surface area contributed by atoms with Crippen molar-refractivity contribution in [3.05, 3.63) is 93.9 Å². The number of benzene rings is 3. The third kappa shape index (κ3) is 7.41.